The monoisotopic (exact) mass is 85.1 g/mol. The summed E-state index contributed by atoms with van der Waals surface area (Å²) in [6.07, 6.45) is 0.858. The quantitative estimate of drug-likeness (QED) is 0.422. The molecule has 1 unspecified atom stereocenters. The van der Waals surface area contributed by atoms with E-state index in [2.05, 4.69) is 6.92 Å². The molecule has 0 spiro atoms. The smallest absolute Gasteiger partial charge is 0.139 e. The summed E-state index contributed by atoms with van der Waals surface area (Å²) in [5.41, 5.74) is 0. The molecule has 0 rings (SSSR count). The highest BCUT2D eigenvalue weighted by Crippen LogP contribution is 1.84. The van der Waals surface area contributed by atoms with Gasteiger partial charge in [0, 0.05) is 13.1 Å². The van der Waals surface area contributed by atoms with E-state index in [-0.39, 0.29) is 0 Å². The van der Waals surface area contributed by atoms with Gasteiger partial charge in [-0.15, -0.1) is 0 Å². The molecule has 0 aliphatic carbocycles. The van der Waals surface area contributed by atoms with E-state index in [9.17, 15) is 0 Å². The average Bonchev–Trinajstić information content (AvgIpc) is 1.65. The van der Waals surface area contributed by atoms with Crippen LogP contribution in [0.5, 0.6) is 0 Å². The minimum absolute atomic E-state index is 0.324. The number of ether oxygens (including phenoxy) is 1. The molecule has 1 nitrogen and oxygen atoms in total. The Bertz CT molecular complexity index is 26.7. The molecule has 0 aromatic rings. The minimum atomic E-state index is 0.324. The van der Waals surface area contributed by atoms with E-state index in [1.807, 2.05) is 7.85 Å². The summed E-state index contributed by atoms with van der Waals surface area (Å²) in [5.74, 6) is 0. The molecular formula is C4H10BO. The zero-order chi connectivity index (χ0) is 4.99. The Morgan fingerprint density at radius 1 is 2.00 bits per heavy atom. The van der Waals surface area contributed by atoms with Crippen LogP contribution in [-0.4, -0.2) is 21.0 Å². The van der Waals surface area contributed by atoms with Crippen molar-refractivity contribution in [1.29, 1.82) is 0 Å². The maximum Gasteiger partial charge on any atom is 0.139 e. The number of methoxy groups -OCH3 is 1. The summed E-state index contributed by atoms with van der Waals surface area (Å²) in [6.45, 7) is 3.63. The molecule has 0 amide bonds. The van der Waals surface area contributed by atoms with Gasteiger partial charge in [0.05, 0.1) is 0 Å². The van der Waals surface area contributed by atoms with Crippen molar-refractivity contribution in [2.75, 3.05) is 7.11 Å². The molecule has 0 fully saturated rings. The topological polar surface area (TPSA) is 9.23 Å². The zero-order valence-corrected chi connectivity index (χ0v) is 4.40. The van der Waals surface area contributed by atoms with Gasteiger partial charge in [0.15, 0.2) is 0 Å². The van der Waals surface area contributed by atoms with E-state index in [0.717, 1.165) is 6.42 Å². The third kappa shape index (κ3) is 2.27. The predicted octanol–water partition coefficient (Wildman–Crippen LogP) is -0.184. The maximum atomic E-state index is 4.84. The molecular weight excluding hydrogens is 74.9 g/mol. The number of hydrogen-bond acceptors (Lipinski definition) is 1. The largest absolute Gasteiger partial charge is 0.390 e. The van der Waals surface area contributed by atoms with Crippen LogP contribution in [0.15, 0.2) is 0 Å². The summed E-state index contributed by atoms with van der Waals surface area (Å²) >= 11 is 0. The molecule has 1 atom stereocenters. The van der Waals surface area contributed by atoms with Crippen molar-refractivity contribution < 1.29 is 4.74 Å². The van der Waals surface area contributed by atoms with Crippen LogP contribution in [0, 0.1) is 6.92 Å². The van der Waals surface area contributed by atoms with E-state index in [1.54, 1.807) is 7.11 Å². The van der Waals surface area contributed by atoms with Gasteiger partial charge < -0.3 is 4.74 Å². The molecule has 0 aliphatic rings. The first-order valence-corrected chi connectivity index (χ1v) is 2.13. The standard InChI is InChI=1S/C4H10BO/c1-3-4(5)6-2/h4H,1,3,5H2,2H3. The Hall–Kier alpha value is 0.0249. The second-order valence-corrected chi connectivity index (χ2v) is 1.33. The minimum Gasteiger partial charge on any atom is -0.390 e. The molecule has 0 aliphatic heterocycles. The SMILES string of the molecule is BC(C[CH2])OC. The lowest BCUT2D eigenvalue weighted by atomic mass is 9.98. The Morgan fingerprint density at radius 3 is 2.50 bits per heavy atom. The van der Waals surface area contributed by atoms with Crippen LogP contribution in [0.3, 0.4) is 0 Å². The third-order valence-corrected chi connectivity index (χ3v) is 0.809. The molecule has 0 heterocycles. The fourth-order valence-electron chi connectivity index (χ4n) is 0.118. The summed E-state index contributed by atoms with van der Waals surface area (Å²) in [5, 5.41) is 0. The van der Waals surface area contributed by atoms with Crippen molar-refractivity contribution in [3.8, 4) is 0 Å². The van der Waals surface area contributed by atoms with Gasteiger partial charge in [-0.25, -0.2) is 0 Å². The summed E-state index contributed by atoms with van der Waals surface area (Å²) in [4.78, 5) is 0. The molecule has 0 saturated carbocycles. The van der Waals surface area contributed by atoms with Crippen LogP contribution in [0.2, 0.25) is 0 Å². The van der Waals surface area contributed by atoms with Gasteiger partial charge in [0.25, 0.3) is 0 Å². The van der Waals surface area contributed by atoms with Gasteiger partial charge in [0.1, 0.15) is 7.85 Å². The zero-order valence-electron chi connectivity index (χ0n) is 4.40. The molecule has 6 heavy (non-hydrogen) atoms. The lowest BCUT2D eigenvalue weighted by Crippen LogP contribution is -2.06. The van der Waals surface area contributed by atoms with Crippen molar-refractivity contribution in [1.82, 2.24) is 0 Å². The predicted molar refractivity (Wildman–Crippen MR) is 29.3 cm³/mol. The third-order valence-electron chi connectivity index (χ3n) is 0.809. The van der Waals surface area contributed by atoms with Crippen LogP contribution in [-0.2, 0) is 4.74 Å². The van der Waals surface area contributed by atoms with Gasteiger partial charge in [-0.05, 0) is 6.42 Å². The molecule has 0 saturated heterocycles. The first-order chi connectivity index (χ1) is 2.81. The van der Waals surface area contributed by atoms with Gasteiger partial charge in [-0.3, -0.25) is 0 Å². The fraction of sp³-hybridized carbons (Fsp3) is 0.750. The van der Waals surface area contributed by atoms with Gasteiger partial charge >= 0.3 is 0 Å². The Balaban J connectivity index is 2.75. The van der Waals surface area contributed by atoms with Crippen LogP contribution in [0.4, 0.5) is 0 Å². The summed E-state index contributed by atoms with van der Waals surface area (Å²) < 4.78 is 4.84. The highest BCUT2D eigenvalue weighted by Gasteiger charge is 1.89. The Morgan fingerprint density at radius 2 is 2.50 bits per heavy atom. The van der Waals surface area contributed by atoms with E-state index < -0.39 is 0 Å². The van der Waals surface area contributed by atoms with Crippen LogP contribution < -0.4 is 0 Å². The average molecular weight is 84.9 g/mol. The molecule has 0 bridgehead atoms. The van der Waals surface area contributed by atoms with Crippen LogP contribution in [0.25, 0.3) is 0 Å². The molecule has 35 valence electrons. The summed E-state index contributed by atoms with van der Waals surface area (Å²) in [6, 6.07) is 0.324. The first-order valence-electron chi connectivity index (χ1n) is 2.13. The normalized spacial score (nSPS) is 14.3. The second kappa shape index (κ2) is 3.22. The van der Waals surface area contributed by atoms with Crippen molar-refractivity contribution in [2.24, 2.45) is 0 Å². The highest BCUT2D eigenvalue weighted by atomic mass is 16.5. The maximum absolute atomic E-state index is 4.84. The molecule has 0 aromatic carbocycles. The fourth-order valence-corrected chi connectivity index (χ4v) is 0.118. The lowest BCUT2D eigenvalue weighted by Gasteiger charge is -2.01. The lowest BCUT2D eigenvalue weighted by molar-refractivity contribution is 0.169. The van der Waals surface area contributed by atoms with Gasteiger partial charge in [-0.2, -0.15) is 0 Å². The van der Waals surface area contributed by atoms with E-state index in [0.29, 0.717) is 6.00 Å². The Kier molecular flexibility index (Phi) is 3.24. The van der Waals surface area contributed by atoms with E-state index >= 15 is 0 Å². The van der Waals surface area contributed by atoms with Gasteiger partial charge in [0.2, 0.25) is 0 Å². The Labute approximate surface area is 40.1 Å². The number of hydrogen-bond donors (Lipinski definition) is 0. The van der Waals surface area contributed by atoms with Crippen molar-refractivity contribution in [2.45, 2.75) is 12.4 Å². The molecule has 2 heteroatoms. The van der Waals surface area contributed by atoms with Crippen LogP contribution >= 0.6 is 0 Å². The van der Waals surface area contributed by atoms with Gasteiger partial charge in [-0.1, -0.05) is 6.92 Å². The van der Waals surface area contributed by atoms with Crippen molar-refractivity contribution in [3.63, 3.8) is 0 Å². The van der Waals surface area contributed by atoms with Crippen molar-refractivity contribution >= 4 is 7.85 Å². The summed E-state index contributed by atoms with van der Waals surface area (Å²) in [7, 11) is 3.68. The molecule has 1 radical (unpaired) electrons. The number of rotatable bonds is 2. The molecule has 0 N–H and O–H groups in total. The first kappa shape index (κ1) is 6.02. The van der Waals surface area contributed by atoms with E-state index in [4.69, 9.17) is 4.74 Å². The second-order valence-electron chi connectivity index (χ2n) is 1.33. The molecule has 0 aromatic heterocycles. The van der Waals surface area contributed by atoms with E-state index in [1.165, 1.54) is 0 Å². The van der Waals surface area contributed by atoms with Crippen LogP contribution in [0.1, 0.15) is 6.42 Å². The van der Waals surface area contributed by atoms with Crippen molar-refractivity contribution in [3.05, 3.63) is 6.92 Å². The highest BCUT2D eigenvalue weighted by molar-refractivity contribution is 6.10.